The second-order valence-corrected chi connectivity index (χ2v) is 8.14. The summed E-state index contributed by atoms with van der Waals surface area (Å²) < 4.78 is 1.96. The number of aromatic nitrogens is 2. The van der Waals surface area contributed by atoms with Gasteiger partial charge in [-0.25, -0.2) is 4.98 Å². The number of para-hydroxylation sites is 1. The molecule has 0 radical (unpaired) electrons. The van der Waals surface area contributed by atoms with Crippen molar-refractivity contribution in [3.05, 3.63) is 71.0 Å². The Balaban J connectivity index is 1.44. The fourth-order valence-corrected chi connectivity index (χ4v) is 3.92. The second kappa shape index (κ2) is 10.3. The van der Waals surface area contributed by atoms with Crippen LogP contribution in [0.2, 0.25) is 5.02 Å². The number of hydrogen-bond acceptors (Lipinski definition) is 4. The molecule has 156 valence electrons. The van der Waals surface area contributed by atoms with Gasteiger partial charge in [0.1, 0.15) is 0 Å². The fraction of sp³-hybridized carbons (Fsp3) is 0.227. The molecule has 0 fully saturated rings. The number of halogens is 1. The maximum Gasteiger partial charge on any atom is 0.230 e. The van der Waals surface area contributed by atoms with Crippen molar-refractivity contribution in [2.24, 2.45) is 0 Å². The van der Waals surface area contributed by atoms with Crippen LogP contribution in [0.5, 0.6) is 0 Å². The number of carbonyl (C=O) groups excluding carboxylic acids is 2. The molecule has 3 aromatic rings. The number of carbonyl (C=O) groups is 2. The molecule has 0 aliphatic carbocycles. The lowest BCUT2D eigenvalue weighted by Gasteiger charge is -2.10. The number of benzene rings is 2. The molecule has 0 spiro atoms. The molecular formula is C22H23ClN4O2S. The predicted molar refractivity (Wildman–Crippen MR) is 121 cm³/mol. The van der Waals surface area contributed by atoms with E-state index in [-0.39, 0.29) is 30.5 Å². The maximum absolute atomic E-state index is 12.2. The summed E-state index contributed by atoms with van der Waals surface area (Å²) in [5, 5.41) is 6.76. The Morgan fingerprint density at radius 2 is 1.93 bits per heavy atom. The first-order valence-corrected chi connectivity index (χ1v) is 10.9. The van der Waals surface area contributed by atoms with E-state index in [1.54, 1.807) is 18.3 Å². The van der Waals surface area contributed by atoms with Crippen molar-refractivity contribution in [2.75, 3.05) is 17.6 Å². The second-order valence-electron chi connectivity index (χ2n) is 6.79. The van der Waals surface area contributed by atoms with Crippen LogP contribution in [0, 0.1) is 13.8 Å². The number of anilines is 1. The number of thioether (sulfide) groups is 1. The molecule has 0 aliphatic heterocycles. The van der Waals surface area contributed by atoms with Crippen molar-refractivity contribution < 1.29 is 9.59 Å². The van der Waals surface area contributed by atoms with E-state index in [1.165, 1.54) is 11.8 Å². The Morgan fingerprint density at radius 3 is 2.70 bits per heavy atom. The Morgan fingerprint density at radius 1 is 1.13 bits per heavy atom. The SMILES string of the molecule is Cc1ccc(NC(=O)CCNC(=O)CSc2nccn2-c2ccccc2C)c(Cl)c1. The van der Waals surface area contributed by atoms with E-state index in [1.807, 2.05) is 54.9 Å². The third-order valence-corrected chi connectivity index (χ3v) is 5.67. The summed E-state index contributed by atoms with van der Waals surface area (Å²) in [6, 6.07) is 13.4. The van der Waals surface area contributed by atoms with E-state index in [0.29, 0.717) is 10.7 Å². The van der Waals surface area contributed by atoms with Crippen LogP contribution in [0.4, 0.5) is 5.69 Å². The summed E-state index contributed by atoms with van der Waals surface area (Å²) in [5.74, 6) is -0.141. The van der Waals surface area contributed by atoms with Crippen LogP contribution in [0.15, 0.2) is 60.0 Å². The van der Waals surface area contributed by atoms with Crippen LogP contribution in [-0.2, 0) is 9.59 Å². The average Bonchev–Trinajstić information content (AvgIpc) is 3.17. The summed E-state index contributed by atoms with van der Waals surface area (Å²) in [4.78, 5) is 28.6. The van der Waals surface area contributed by atoms with Gasteiger partial charge in [-0.1, -0.05) is 47.6 Å². The van der Waals surface area contributed by atoms with Crippen LogP contribution >= 0.6 is 23.4 Å². The zero-order valence-electron chi connectivity index (χ0n) is 16.8. The highest BCUT2D eigenvalue weighted by atomic mass is 35.5. The molecule has 1 heterocycles. The molecule has 0 bridgehead atoms. The lowest BCUT2D eigenvalue weighted by atomic mass is 10.2. The lowest BCUT2D eigenvalue weighted by Crippen LogP contribution is -2.29. The third kappa shape index (κ3) is 5.87. The number of hydrogen-bond donors (Lipinski definition) is 2. The zero-order valence-corrected chi connectivity index (χ0v) is 18.4. The van der Waals surface area contributed by atoms with Crippen LogP contribution in [0.1, 0.15) is 17.5 Å². The Kier molecular flexibility index (Phi) is 7.54. The molecule has 2 amide bonds. The maximum atomic E-state index is 12.2. The minimum Gasteiger partial charge on any atom is -0.355 e. The van der Waals surface area contributed by atoms with Crippen LogP contribution in [0.3, 0.4) is 0 Å². The number of aryl methyl sites for hydroxylation is 2. The topological polar surface area (TPSA) is 76.0 Å². The van der Waals surface area contributed by atoms with Crippen molar-refractivity contribution in [1.82, 2.24) is 14.9 Å². The molecular weight excluding hydrogens is 420 g/mol. The van der Waals surface area contributed by atoms with Crippen LogP contribution < -0.4 is 10.6 Å². The molecule has 0 unspecified atom stereocenters. The van der Waals surface area contributed by atoms with Gasteiger partial charge in [-0.2, -0.15) is 0 Å². The standard InChI is InChI=1S/C22H23ClN4O2S/c1-15-7-8-18(17(23)13-15)26-20(28)9-10-24-21(29)14-30-22-25-11-12-27(22)19-6-4-3-5-16(19)2/h3-8,11-13H,9-10,14H2,1-2H3,(H,24,29)(H,26,28). The van der Waals surface area contributed by atoms with Gasteiger partial charge in [0.2, 0.25) is 11.8 Å². The van der Waals surface area contributed by atoms with Gasteiger partial charge in [0.05, 0.1) is 22.2 Å². The highest BCUT2D eigenvalue weighted by Crippen LogP contribution is 2.23. The molecule has 2 N–H and O–H groups in total. The van der Waals surface area contributed by atoms with Gasteiger partial charge in [0, 0.05) is 25.4 Å². The minimum atomic E-state index is -0.205. The number of amides is 2. The monoisotopic (exact) mass is 442 g/mol. The van der Waals surface area contributed by atoms with Crippen molar-refractivity contribution in [3.63, 3.8) is 0 Å². The Bertz CT molecular complexity index is 1050. The first-order chi connectivity index (χ1) is 14.4. The molecule has 0 atom stereocenters. The number of nitrogens with zero attached hydrogens (tertiary/aromatic N) is 2. The Labute approximate surface area is 185 Å². The summed E-state index contributed by atoms with van der Waals surface area (Å²) in [7, 11) is 0. The highest BCUT2D eigenvalue weighted by Gasteiger charge is 2.11. The van der Waals surface area contributed by atoms with E-state index in [9.17, 15) is 9.59 Å². The van der Waals surface area contributed by atoms with E-state index in [2.05, 4.69) is 15.6 Å². The van der Waals surface area contributed by atoms with Crippen LogP contribution in [0.25, 0.3) is 5.69 Å². The van der Waals surface area contributed by atoms with Gasteiger partial charge in [-0.3, -0.25) is 14.2 Å². The van der Waals surface area contributed by atoms with Gasteiger partial charge in [0.25, 0.3) is 0 Å². The largest absolute Gasteiger partial charge is 0.355 e. The quantitative estimate of drug-likeness (QED) is 0.507. The first-order valence-electron chi connectivity index (χ1n) is 9.49. The molecule has 2 aromatic carbocycles. The van der Waals surface area contributed by atoms with Crippen molar-refractivity contribution >= 4 is 40.9 Å². The zero-order chi connectivity index (χ0) is 21.5. The normalized spacial score (nSPS) is 10.6. The highest BCUT2D eigenvalue weighted by molar-refractivity contribution is 7.99. The van der Waals surface area contributed by atoms with E-state index >= 15 is 0 Å². The van der Waals surface area contributed by atoms with E-state index in [0.717, 1.165) is 22.0 Å². The molecule has 30 heavy (non-hydrogen) atoms. The summed E-state index contributed by atoms with van der Waals surface area (Å²) in [6.07, 6.45) is 3.76. The molecule has 3 rings (SSSR count). The first kappa shape index (κ1) is 21.9. The lowest BCUT2D eigenvalue weighted by molar-refractivity contribution is -0.119. The summed E-state index contributed by atoms with van der Waals surface area (Å²) in [5.41, 5.74) is 3.74. The summed E-state index contributed by atoms with van der Waals surface area (Å²) in [6.45, 7) is 4.21. The van der Waals surface area contributed by atoms with Crippen molar-refractivity contribution in [3.8, 4) is 5.69 Å². The third-order valence-electron chi connectivity index (χ3n) is 4.39. The molecule has 1 aromatic heterocycles. The van der Waals surface area contributed by atoms with Crippen molar-refractivity contribution in [1.29, 1.82) is 0 Å². The molecule has 8 heteroatoms. The van der Waals surface area contributed by atoms with Crippen molar-refractivity contribution in [2.45, 2.75) is 25.4 Å². The van der Waals surface area contributed by atoms with Gasteiger partial charge >= 0.3 is 0 Å². The van der Waals surface area contributed by atoms with Gasteiger partial charge in [-0.15, -0.1) is 0 Å². The number of nitrogens with one attached hydrogen (secondary N) is 2. The fourth-order valence-electron chi connectivity index (χ4n) is 2.84. The predicted octanol–water partition coefficient (Wildman–Crippen LogP) is 4.38. The molecule has 6 nitrogen and oxygen atoms in total. The molecule has 0 saturated heterocycles. The van der Waals surface area contributed by atoms with Gasteiger partial charge in [-0.05, 0) is 43.2 Å². The van der Waals surface area contributed by atoms with Crippen LogP contribution in [-0.4, -0.2) is 33.7 Å². The van der Waals surface area contributed by atoms with E-state index < -0.39 is 0 Å². The van der Waals surface area contributed by atoms with Gasteiger partial charge in [0.15, 0.2) is 5.16 Å². The van der Waals surface area contributed by atoms with E-state index in [4.69, 9.17) is 11.6 Å². The molecule has 0 saturated carbocycles. The smallest absolute Gasteiger partial charge is 0.230 e. The average molecular weight is 443 g/mol. The Hall–Kier alpha value is -2.77. The number of rotatable bonds is 8. The number of imidazole rings is 1. The molecule has 0 aliphatic rings. The van der Waals surface area contributed by atoms with Gasteiger partial charge < -0.3 is 10.6 Å². The minimum absolute atomic E-state index is 0.152. The summed E-state index contributed by atoms with van der Waals surface area (Å²) >= 11 is 7.47.